The van der Waals surface area contributed by atoms with E-state index in [0.717, 1.165) is 0 Å². The van der Waals surface area contributed by atoms with Gasteiger partial charge in [-0.05, 0) is 12.5 Å². The second-order valence-electron chi connectivity index (χ2n) is 4.05. The predicted octanol–water partition coefficient (Wildman–Crippen LogP) is 1.75. The molecule has 104 valence electrons. The van der Waals surface area contributed by atoms with Gasteiger partial charge in [-0.15, -0.1) is 0 Å². The van der Waals surface area contributed by atoms with Crippen LogP contribution in [0.4, 0.5) is 13.2 Å². The fraction of sp³-hybridized carbons (Fsp3) is 0.333. The van der Waals surface area contributed by atoms with E-state index in [9.17, 15) is 22.8 Å². The summed E-state index contributed by atoms with van der Waals surface area (Å²) in [5.74, 6) is -9.16. The van der Waals surface area contributed by atoms with Gasteiger partial charge in [-0.1, -0.05) is 30.3 Å². The maximum absolute atomic E-state index is 13.7. The van der Waals surface area contributed by atoms with Crippen LogP contribution < -0.4 is 5.32 Å². The summed E-state index contributed by atoms with van der Waals surface area (Å²) in [5.41, 5.74) is -3.25. The molecule has 0 heterocycles. The van der Waals surface area contributed by atoms with Gasteiger partial charge in [0.25, 0.3) is 11.6 Å². The minimum absolute atomic E-state index is 0.172. The molecule has 0 aliphatic carbocycles. The van der Waals surface area contributed by atoms with Gasteiger partial charge in [-0.25, -0.2) is 9.18 Å². The first-order valence-corrected chi connectivity index (χ1v) is 5.32. The zero-order valence-electron chi connectivity index (χ0n) is 9.99. The highest BCUT2D eigenvalue weighted by atomic mass is 19.3. The van der Waals surface area contributed by atoms with Gasteiger partial charge in [-0.3, -0.25) is 4.79 Å². The number of aliphatic carboxylic acids is 1. The molecule has 7 heteroatoms. The van der Waals surface area contributed by atoms with Crippen molar-refractivity contribution in [1.82, 2.24) is 5.32 Å². The first kappa shape index (κ1) is 15.0. The Kier molecular flexibility index (Phi) is 4.18. The number of benzene rings is 1. The van der Waals surface area contributed by atoms with Crippen LogP contribution in [0.15, 0.2) is 30.3 Å². The van der Waals surface area contributed by atoms with Gasteiger partial charge >= 0.3 is 11.9 Å². The average Bonchev–Trinajstić information content (AvgIpc) is 2.36. The third kappa shape index (κ3) is 3.04. The summed E-state index contributed by atoms with van der Waals surface area (Å²) in [7, 11) is 0. The maximum Gasteiger partial charge on any atom is 0.384 e. The number of carboxylic acids is 1. The predicted molar refractivity (Wildman–Crippen MR) is 60.4 cm³/mol. The standard InChI is InChI=1S/C12H12F3NO3/c1-11(13,12(14,15)10(18)19)9(17)16-7-8-5-3-2-4-6-8/h2-6H,7H2,1H3,(H,16,17)(H,18,19). The van der Waals surface area contributed by atoms with Crippen molar-refractivity contribution in [2.75, 3.05) is 0 Å². The van der Waals surface area contributed by atoms with E-state index in [1.165, 1.54) is 0 Å². The molecule has 1 rings (SSSR count). The monoisotopic (exact) mass is 275 g/mol. The largest absolute Gasteiger partial charge is 0.477 e. The number of hydrogen-bond acceptors (Lipinski definition) is 2. The van der Waals surface area contributed by atoms with Gasteiger partial charge in [0, 0.05) is 6.54 Å². The second kappa shape index (κ2) is 5.29. The molecule has 0 bridgehead atoms. The zero-order valence-corrected chi connectivity index (χ0v) is 9.99. The van der Waals surface area contributed by atoms with Crippen molar-refractivity contribution >= 4 is 11.9 Å². The molecular formula is C12H12F3NO3. The number of hydrogen-bond donors (Lipinski definition) is 2. The van der Waals surface area contributed by atoms with Crippen LogP contribution in [0.3, 0.4) is 0 Å². The molecule has 0 spiro atoms. The van der Waals surface area contributed by atoms with Crippen molar-refractivity contribution in [1.29, 1.82) is 0 Å². The van der Waals surface area contributed by atoms with Crippen LogP contribution in [-0.2, 0) is 16.1 Å². The minimum atomic E-state index is -4.80. The molecule has 0 radical (unpaired) electrons. The third-order valence-corrected chi connectivity index (χ3v) is 2.58. The van der Waals surface area contributed by atoms with Gasteiger partial charge in [0.2, 0.25) is 0 Å². The van der Waals surface area contributed by atoms with E-state index < -0.39 is 23.5 Å². The minimum Gasteiger partial charge on any atom is -0.477 e. The van der Waals surface area contributed by atoms with Crippen molar-refractivity contribution in [2.45, 2.75) is 25.1 Å². The van der Waals surface area contributed by atoms with E-state index in [1.807, 2.05) is 5.32 Å². The fourth-order valence-electron chi connectivity index (χ4n) is 1.29. The number of halogens is 3. The Morgan fingerprint density at radius 2 is 1.74 bits per heavy atom. The number of carbonyl (C=O) groups excluding carboxylic acids is 1. The number of rotatable bonds is 5. The Balaban J connectivity index is 2.75. The summed E-state index contributed by atoms with van der Waals surface area (Å²) in [5, 5.41) is 10.2. The lowest BCUT2D eigenvalue weighted by atomic mass is 9.99. The molecule has 0 aliphatic heterocycles. The van der Waals surface area contributed by atoms with Crippen LogP contribution in [0.25, 0.3) is 0 Å². The van der Waals surface area contributed by atoms with E-state index in [2.05, 4.69) is 0 Å². The van der Waals surface area contributed by atoms with Crippen LogP contribution in [0.5, 0.6) is 0 Å². The Morgan fingerprint density at radius 1 is 1.21 bits per heavy atom. The molecule has 1 amide bonds. The molecule has 0 aliphatic rings. The highest BCUT2D eigenvalue weighted by Gasteiger charge is 2.62. The molecule has 1 atom stereocenters. The summed E-state index contributed by atoms with van der Waals surface area (Å²) in [4.78, 5) is 21.6. The number of carboxylic acid groups (broad SMARTS) is 1. The van der Waals surface area contributed by atoms with Crippen molar-refractivity contribution in [3.05, 3.63) is 35.9 Å². The second-order valence-corrected chi connectivity index (χ2v) is 4.05. The van der Waals surface area contributed by atoms with E-state index in [0.29, 0.717) is 5.56 Å². The van der Waals surface area contributed by atoms with Crippen molar-refractivity contribution in [3.63, 3.8) is 0 Å². The molecular weight excluding hydrogens is 263 g/mol. The molecule has 2 N–H and O–H groups in total. The van der Waals surface area contributed by atoms with Crippen LogP contribution in [0.1, 0.15) is 12.5 Å². The van der Waals surface area contributed by atoms with Crippen LogP contribution in [-0.4, -0.2) is 28.6 Å². The highest BCUT2D eigenvalue weighted by molar-refractivity contribution is 5.93. The number of amides is 1. The van der Waals surface area contributed by atoms with Crippen molar-refractivity contribution in [3.8, 4) is 0 Å². The van der Waals surface area contributed by atoms with E-state index in [1.54, 1.807) is 30.3 Å². The molecule has 1 unspecified atom stereocenters. The number of alkyl halides is 3. The quantitative estimate of drug-likeness (QED) is 0.860. The summed E-state index contributed by atoms with van der Waals surface area (Å²) in [6.45, 7) is 0.0658. The van der Waals surface area contributed by atoms with Gasteiger partial charge in [0.1, 0.15) is 0 Å². The number of carbonyl (C=O) groups is 2. The van der Waals surface area contributed by atoms with Crippen LogP contribution in [0.2, 0.25) is 0 Å². The first-order valence-electron chi connectivity index (χ1n) is 5.32. The molecule has 1 aromatic carbocycles. The van der Waals surface area contributed by atoms with E-state index >= 15 is 0 Å². The number of nitrogens with one attached hydrogen (secondary N) is 1. The normalized spacial score (nSPS) is 14.5. The average molecular weight is 275 g/mol. The third-order valence-electron chi connectivity index (χ3n) is 2.58. The van der Waals surface area contributed by atoms with Gasteiger partial charge in [0.05, 0.1) is 0 Å². The molecule has 0 aromatic heterocycles. The van der Waals surface area contributed by atoms with Crippen molar-refractivity contribution < 1.29 is 27.9 Å². The summed E-state index contributed by atoms with van der Waals surface area (Å²) in [6, 6.07) is 8.23. The van der Waals surface area contributed by atoms with Crippen molar-refractivity contribution in [2.24, 2.45) is 0 Å². The molecule has 19 heavy (non-hydrogen) atoms. The van der Waals surface area contributed by atoms with E-state index in [-0.39, 0.29) is 13.5 Å². The molecule has 4 nitrogen and oxygen atoms in total. The fourth-order valence-corrected chi connectivity index (χ4v) is 1.29. The first-order chi connectivity index (χ1) is 8.69. The van der Waals surface area contributed by atoms with Gasteiger partial charge in [0.15, 0.2) is 0 Å². The Morgan fingerprint density at radius 3 is 2.21 bits per heavy atom. The lowest BCUT2D eigenvalue weighted by Gasteiger charge is -2.25. The maximum atomic E-state index is 13.7. The van der Waals surface area contributed by atoms with Crippen LogP contribution >= 0.6 is 0 Å². The summed E-state index contributed by atoms with van der Waals surface area (Å²) in [6.07, 6.45) is 0. The molecule has 0 saturated carbocycles. The Labute approximate surface area is 107 Å². The SMILES string of the molecule is CC(F)(C(=O)NCc1ccccc1)C(F)(F)C(=O)O. The molecule has 0 fully saturated rings. The molecule has 1 aromatic rings. The Hall–Kier alpha value is -2.05. The topological polar surface area (TPSA) is 66.4 Å². The molecule has 0 saturated heterocycles. The van der Waals surface area contributed by atoms with E-state index in [4.69, 9.17) is 5.11 Å². The Bertz CT molecular complexity index is 474. The summed E-state index contributed by atoms with van der Waals surface area (Å²) >= 11 is 0. The van der Waals surface area contributed by atoms with Gasteiger partial charge in [-0.2, -0.15) is 8.78 Å². The smallest absolute Gasteiger partial charge is 0.384 e. The van der Waals surface area contributed by atoms with Gasteiger partial charge < -0.3 is 10.4 Å². The summed E-state index contributed by atoms with van der Waals surface area (Å²) < 4.78 is 39.8. The lowest BCUT2D eigenvalue weighted by Crippen LogP contribution is -2.57. The lowest BCUT2D eigenvalue weighted by molar-refractivity contribution is -0.192. The van der Waals surface area contributed by atoms with Crippen LogP contribution in [0, 0.1) is 0 Å². The highest BCUT2D eigenvalue weighted by Crippen LogP contribution is 2.32. The zero-order chi connectivity index (χ0) is 14.7.